The van der Waals surface area contributed by atoms with Gasteiger partial charge in [-0.1, -0.05) is 42.5 Å². The Morgan fingerprint density at radius 1 is 1.00 bits per heavy atom. The number of carbonyl (C=O) groups is 2. The first kappa shape index (κ1) is 18.1. The molecule has 0 radical (unpaired) electrons. The van der Waals surface area contributed by atoms with Crippen molar-refractivity contribution in [2.75, 3.05) is 25.4 Å². The summed E-state index contributed by atoms with van der Waals surface area (Å²) < 4.78 is 0. The van der Waals surface area contributed by atoms with E-state index in [0.29, 0.717) is 5.75 Å². The number of thioether (sulfide) groups is 1. The number of hydrogen-bond donors (Lipinski definition) is 0. The molecule has 0 spiro atoms. The highest BCUT2D eigenvalue weighted by Gasteiger charge is 2.32. The molecule has 0 bridgehead atoms. The first-order chi connectivity index (χ1) is 13.2. The lowest BCUT2D eigenvalue weighted by molar-refractivity contribution is -0.128. The Balaban J connectivity index is 1.44. The number of hydrogen-bond acceptors (Lipinski definition) is 3. The standard InChI is InChI=1S/C22H24N2O2S/c25-20-16-27-22(24(20)15-12-17-6-2-1-3-7-17)19-10-8-18(9-11-19)21(26)23-13-4-5-14-23/h1-3,6-11,22H,4-5,12-16H2/t22-/m0/s1. The van der Waals surface area contributed by atoms with Crippen molar-refractivity contribution in [3.63, 3.8) is 0 Å². The van der Waals surface area contributed by atoms with Crippen LogP contribution in [-0.2, 0) is 11.2 Å². The fraction of sp³-hybridized carbons (Fsp3) is 0.364. The van der Waals surface area contributed by atoms with Crippen molar-refractivity contribution < 1.29 is 9.59 Å². The number of benzene rings is 2. The molecule has 140 valence electrons. The van der Waals surface area contributed by atoms with Crippen molar-refractivity contribution in [2.45, 2.75) is 24.6 Å². The van der Waals surface area contributed by atoms with Gasteiger partial charge in [-0.3, -0.25) is 9.59 Å². The van der Waals surface area contributed by atoms with Gasteiger partial charge in [0.05, 0.1) is 5.75 Å². The average Bonchev–Trinajstić information content (AvgIpc) is 3.37. The smallest absolute Gasteiger partial charge is 0.253 e. The molecule has 4 nitrogen and oxygen atoms in total. The van der Waals surface area contributed by atoms with Crippen LogP contribution in [0.5, 0.6) is 0 Å². The third-order valence-electron chi connectivity index (χ3n) is 5.29. The summed E-state index contributed by atoms with van der Waals surface area (Å²) in [6.07, 6.45) is 3.05. The Hall–Kier alpha value is -2.27. The van der Waals surface area contributed by atoms with Gasteiger partial charge in [0.25, 0.3) is 5.91 Å². The quantitative estimate of drug-likeness (QED) is 0.793. The van der Waals surface area contributed by atoms with E-state index >= 15 is 0 Å². The molecule has 27 heavy (non-hydrogen) atoms. The Bertz CT molecular complexity index is 801. The van der Waals surface area contributed by atoms with E-state index < -0.39 is 0 Å². The van der Waals surface area contributed by atoms with Gasteiger partial charge < -0.3 is 9.80 Å². The zero-order valence-electron chi connectivity index (χ0n) is 15.3. The minimum Gasteiger partial charge on any atom is -0.339 e. The van der Waals surface area contributed by atoms with Gasteiger partial charge in [0.1, 0.15) is 5.37 Å². The number of carbonyl (C=O) groups excluding carboxylic acids is 2. The van der Waals surface area contributed by atoms with Gasteiger partial charge in [-0.15, -0.1) is 11.8 Å². The van der Waals surface area contributed by atoms with Crippen molar-refractivity contribution in [1.82, 2.24) is 9.80 Å². The molecule has 0 N–H and O–H groups in total. The molecule has 0 saturated carbocycles. The first-order valence-corrected chi connectivity index (χ1v) is 10.6. The van der Waals surface area contributed by atoms with Gasteiger partial charge in [-0.2, -0.15) is 0 Å². The lowest BCUT2D eigenvalue weighted by atomic mass is 10.1. The summed E-state index contributed by atoms with van der Waals surface area (Å²) in [5.74, 6) is 0.835. The molecule has 0 aliphatic carbocycles. The minimum absolute atomic E-state index is 0.0390. The average molecular weight is 381 g/mol. The van der Waals surface area contributed by atoms with Crippen LogP contribution in [0.3, 0.4) is 0 Å². The SMILES string of the molecule is O=C(c1ccc([C@@H]2SCC(=O)N2CCc2ccccc2)cc1)N1CCCC1. The Labute approximate surface area is 164 Å². The molecular weight excluding hydrogens is 356 g/mol. The first-order valence-electron chi connectivity index (χ1n) is 9.56. The fourth-order valence-corrected chi connectivity index (χ4v) is 4.98. The third kappa shape index (κ3) is 4.03. The topological polar surface area (TPSA) is 40.6 Å². The van der Waals surface area contributed by atoms with Crippen LogP contribution in [0.15, 0.2) is 54.6 Å². The lowest BCUT2D eigenvalue weighted by Gasteiger charge is -2.24. The monoisotopic (exact) mass is 380 g/mol. The highest BCUT2D eigenvalue weighted by molar-refractivity contribution is 8.00. The molecule has 2 aromatic carbocycles. The van der Waals surface area contributed by atoms with E-state index in [4.69, 9.17) is 0 Å². The lowest BCUT2D eigenvalue weighted by Crippen LogP contribution is -2.30. The largest absolute Gasteiger partial charge is 0.339 e. The summed E-state index contributed by atoms with van der Waals surface area (Å²) in [4.78, 5) is 28.8. The van der Waals surface area contributed by atoms with E-state index in [9.17, 15) is 9.59 Å². The predicted octanol–water partition coefficient (Wildman–Crippen LogP) is 3.74. The molecule has 2 saturated heterocycles. The summed E-state index contributed by atoms with van der Waals surface area (Å²) >= 11 is 1.67. The van der Waals surface area contributed by atoms with Crippen LogP contribution in [0.2, 0.25) is 0 Å². The Morgan fingerprint density at radius 3 is 2.41 bits per heavy atom. The van der Waals surface area contributed by atoms with Crippen LogP contribution >= 0.6 is 11.8 Å². The van der Waals surface area contributed by atoms with E-state index in [0.717, 1.165) is 50.0 Å². The summed E-state index contributed by atoms with van der Waals surface area (Å²) in [5.41, 5.74) is 3.08. The molecule has 0 unspecified atom stereocenters. The molecule has 2 aromatic rings. The summed E-state index contributed by atoms with van der Waals surface area (Å²) in [7, 11) is 0. The number of amides is 2. The molecule has 2 amide bonds. The number of nitrogens with zero attached hydrogens (tertiary/aromatic N) is 2. The van der Waals surface area contributed by atoms with Crippen LogP contribution in [-0.4, -0.2) is 47.0 Å². The van der Waals surface area contributed by atoms with E-state index in [1.165, 1.54) is 5.56 Å². The molecule has 0 aromatic heterocycles. The summed E-state index contributed by atoms with van der Waals surface area (Å²) in [6, 6.07) is 18.1. The predicted molar refractivity (Wildman–Crippen MR) is 109 cm³/mol. The zero-order chi connectivity index (χ0) is 18.6. The summed E-state index contributed by atoms with van der Waals surface area (Å²) in [5, 5.41) is 0.0390. The van der Waals surface area contributed by atoms with Crippen LogP contribution in [0.25, 0.3) is 0 Å². The molecule has 2 aliphatic heterocycles. The van der Waals surface area contributed by atoms with E-state index in [-0.39, 0.29) is 17.2 Å². The van der Waals surface area contributed by atoms with Gasteiger partial charge >= 0.3 is 0 Å². The zero-order valence-corrected chi connectivity index (χ0v) is 16.2. The molecule has 1 atom stereocenters. The maximum Gasteiger partial charge on any atom is 0.253 e. The summed E-state index contributed by atoms with van der Waals surface area (Å²) in [6.45, 7) is 2.44. The normalized spacial score (nSPS) is 19.7. The van der Waals surface area contributed by atoms with Crippen molar-refractivity contribution >= 4 is 23.6 Å². The number of likely N-dealkylation sites (tertiary alicyclic amines) is 1. The second-order valence-corrected chi connectivity index (χ2v) is 8.18. The second-order valence-electron chi connectivity index (χ2n) is 7.11. The van der Waals surface area contributed by atoms with E-state index in [1.807, 2.05) is 52.3 Å². The van der Waals surface area contributed by atoms with Gasteiger partial charge in [-0.05, 0) is 42.5 Å². The molecule has 2 fully saturated rings. The van der Waals surface area contributed by atoms with Crippen molar-refractivity contribution in [2.24, 2.45) is 0 Å². The van der Waals surface area contributed by atoms with Gasteiger partial charge in [0.2, 0.25) is 5.91 Å². The maximum absolute atomic E-state index is 12.5. The Morgan fingerprint density at radius 2 is 1.70 bits per heavy atom. The molecule has 2 aliphatic rings. The van der Waals surface area contributed by atoms with E-state index in [2.05, 4.69) is 12.1 Å². The number of rotatable bonds is 5. The Kier molecular flexibility index (Phi) is 5.48. The highest BCUT2D eigenvalue weighted by atomic mass is 32.2. The highest BCUT2D eigenvalue weighted by Crippen LogP contribution is 2.38. The van der Waals surface area contributed by atoms with E-state index in [1.54, 1.807) is 11.8 Å². The van der Waals surface area contributed by atoms with Crippen LogP contribution in [0.1, 0.15) is 39.7 Å². The van der Waals surface area contributed by atoms with Gasteiger partial charge in [0, 0.05) is 25.2 Å². The third-order valence-corrected chi connectivity index (χ3v) is 6.54. The molecule has 2 heterocycles. The van der Waals surface area contributed by atoms with Gasteiger partial charge in [0.15, 0.2) is 0 Å². The van der Waals surface area contributed by atoms with Crippen LogP contribution in [0.4, 0.5) is 0 Å². The molecule has 4 rings (SSSR count). The second kappa shape index (κ2) is 8.17. The van der Waals surface area contributed by atoms with Crippen LogP contribution in [0, 0.1) is 0 Å². The van der Waals surface area contributed by atoms with Crippen molar-refractivity contribution in [3.8, 4) is 0 Å². The van der Waals surface area contributed by atoms with Crippen molar-refractivity contribution in [3.05, 3.63) is 71.3 Å². The maximum atomic E-state index is 12.5. The minimum atomic E-state index is 0.0390. The van der Waals surface area contributed by atoms with Crippen molar-refractivity contribution in [1.29, 1.82) is 0 Å². The molecule has 5 heteroatoms. The van der Waals surface area contributed by atoms with Crippen LogP contribution < -0.4 is 0 Å². The van der Waals surface area contributed by atoms with Gasteiger partial charge in [-0.25, -0.2) is 0 Å². The molecular formula is C22H24N2O2S. The fourth-order valence-electron chi connectivity index (χ4n) is 3.76.